The second-order valence-corrected chi connectivity index (χ2v) is 11.7. The maximum absolute atomic E-state index is 14.4. The highest BCUT2D eigenvalue weighted by molar-refractivity contribution is 5.63. The predicted molar refractivity (Wildman–Crippen MR) is 144 cm³/mol. The predicted octanol–water partition coefficient (Wildman–Crippen LogP) is 2.61. The van der Waals surface area contributed by atoms with Crippen molar-refractivity contribution >= 4 is 11.5 Å². The molecule has 0 bridgehead atoms. The average Bonchev–Trinajstić information content (AvgIpc) is 3.33. The molecule has 2 aromatic rings. The molecule has 7 rings (SSSR count). The van der Waals surface area contributed by atoms with Crippen molar-refractivity contribution < 1.29 is 23.3 Å². The molecule has 0 aliphatic carbocycles. The van der Waals surface area contributed by atoms with Crippen LogP contribution < -0.4 is 15.4 Å². The summed E-state index contributed by atoms with van der Waals surface area (Å²) in [6.45, 7) is 5.52. The van der Waals surface area contributed by atoms with Crippen LogP contribution in [0.5, 0.6) is 6.01 Å². The Balaban J connectivity index is 1.27. The molecule has 2 N–H and O–H groups in total. The van der Waals surface area contributed by atoms with Gasteiger partial charge in [-0.3, -0.25) is 4.90 Å². The monoisotopic (exact) mass is 550 g/mol. The Kier molecular flexibility index (Phi) is 6.54. The number of nitriles is 1. The minimum atomic E-state index is -0.889. The molecule has 40 heavy (non-hydrogen) atoms. The van der Waals surface area contributed by atoms with Crippen molar-refractivity contribution in [3.05, 3.63) is 40.1 Å². The highest BCUT2D eigenvalue weighted by Gasteiger charge is 2.50. The summed E-state index contributed by atoms with van der Waals surface area (Å²) in [6.07, 6.45) is 2.90. The van der Waals surface area contributed by atoms with Crippen molar-refractivity contribution in [2.75, 3.05) is 63.2 Å². The lowest BCUT2D eigenvalue weighted by molar-refractivity contribution is -0.136. The first kappa shape index (κ1) is 25.9. The van der Waals surface area contributed by atoms with Crippen LogP contribution in [0.15, 0.2) is 12.1 Å². The van der Waals surface area contributed by atoms with Crippen LogP contribution in [0.4, 0.5) is 15.9 Å². The van der Waals surface area contributed by atoms with Crippen molar-refractivity contribution in [2.24, 2.45) is 0 Å². The summed E-state index contributed by atoms with van der Waals surface area (Å²) in [5, 5.41) is 10.0. The molecule has 3 saturated heterocycles. The van der Waals surface area contributed by atoms with Crippen LogP contribution in [0.2, 0.25) is 0 Å². The molecule has 3 atom stereocenters. The zero-order valence-electron chi connectivity index (χ0n) is 22.7. The van der Waals surface area contributed by atoms with Crippen LogP contribution in [0.3, 0.4) is 0 Å². The normalized spacial score (nSPS) is 29.9. The van der Waals surface area contributed by atoms with Gasteiger partial charge in [0, 0.05) is 55.9 Å². The fourth-order valence-corrected chi connectivity index (χ4v) is 7.33. The van der Waals surface area contributed by atoms with Crippen molar-refractivity contribution in [1.82, 2.24) is 14.9 Å². The molecule has 1 spiro atoms. The van der Waals surface area contributed by atoms with Crippen LogP contribution in [0.25, 0.3) is 0 Å². The lowest BCUT2D eigenvalue weighted by Gasteiger charge is -2.43. The number of nitrogen functional groups attached to an aromatic ring is 1. The molecule has 212 valence electrons. The summed E-state index contributed by atoms with van der Waals surface area (Å²) in [7, 11) is 0. The highest BCUT2D eigenvalue weighted by atomic mass is 19.1. The molecule has 1 aromatic carbocycles. The lowest BCUT2D eigenvalue weighted by atomic mass is 9.79. The van der Waals surface area contributed by atoms with Gasteiger partial charge in [0.2, 0.25) is 0 Å². The summed E-state index contributed by atoms with van der Waals surface area (Å²) < 4.78 is 39.1. The summed E-state index contributed by atoms with van der Waals surface area (Å²) in [5.74, 6) is 0.793. The molecule has 11 heteroatoms. The van der Waals surface area contributed by atoms with Gasteiger partial charge in [-0.05, 0) is 37.4 Å². The quantitative estimate of drug-likeness (QED) is 0.569. The van der Waals surface area contributed by atoms with E-state index in [1.54, 1.807) is 6.07 Å². The molecular weight excluding hydrogens is 515 g/mol. The van der Waals surface area contributed by atoms with E-state index in [1.807, 2.05) is 6.07 Å². The minimum Gasteiger partial charge on any atom is -0.461 e. The number of ether oxygens (including phenoxy) is 4. The third-order valence-electron chi connectivity index (χ3n) is 9.23. The van der Waals surface area contributed by atoms with E-state index in [0.717, 1.165) is 60.6 Å². The zero-order valence-corrected chi connectivity index (χ0v) is 22.7. The van der Waals surface area contributed by atoms with Crippen molar-refractivity contribution in [3.63, 3.8) is 0 Å². The summed E-state index contributed by atoms with van der Waals surface area (Å²) >= 11 is 0. The molecule has 0 amide bonds. The van der Waals surface area contributed by atoms with Gasteiger partial charge in [0.05, 0.1) is 43.2 Å². The lowest BCUT2D eigenvalue weighted by Crippen LogP contribution is -2.45. The Morgan fingerprint density at radius 2 is 2.08 bits per heavy atom. The Hall–Kier alpha value is -3.04. The number of benzene rings is 1. The average molecular weight is 551 g/mol. The number of fused-ring (bicyclic) bond motifs is 4. The van der Waals surface area contributed by atoms with Crippen molar-refractivity contribution in [1.29, 1.82) is 5.26 Å². The number of alkyl halides is 1. The van der Waals surface area contributed by atoms with Crippen molar-refractivity contribution in [2.45, 2.75) is 62.6 Å². The Bertz CT molecular complexity index is 1340. The third kappa shape index (κ3) is 4.29. The molecule has 0 saturated carbocycles. The Labute approximate surface area is 233 Å². The zero-order chi connectivity index (χ0) is 27.3. The fourth-order valence-electron chi connectivity index (χ4n) is 7.33. The molecule has 6 heterocycles. The van der Waals surface area contributed by atoms with Crippen LogP contribution in [0.1, 0.15) is 53.6 Å². The van der Waals surface area contributed by atoms with E-state index in [-0.39, 0.29) is 12.1 Å². The van der Waals surface area contributed by atoms with E-state index in [0.29, 0.717) is 76.2 Å². The van der Waals surface area contributed by atoms with E-state index in [9.17, 15) is 9.65 Å². The largest absolute Gasteiger partial charge is 0.461 e. The topological polar surface area (TPSA) is 119 Å². The van der Waals surface area contributed by atoms with E-state index in [1.165, 1.54) is 0 Å². The first-order valence-corrected chi connectivity index (χ1v) is 14.3. The first-order valence-electron chi connectivity index (χ1n) is 14.3. The highest BCUT2D eigenvalue weighted by Crippen LogP contribution is 2.46. The van der Waals surface area contributed by atoms with Crippen LogP contribution in [-0.4, -0.2) is 79.2 Å². The minimum absolute atomic E-state index is 0.270. The van der Waals surface area contributed by atoms with E-state index in [2.05, 4.69) is 15.9 Å². The molecule has 5 aliphatic rings. The maximum atomic E-state index is 14.4. The fraction of sp³-hybridized carbons (Fsp3) is 0.621. The van der Waals surface area contributed by atoms with E-state index >= 15 is 0 Å². The molecular formula is C29H35FN6O4. The van der Waals surface area contributed by atoms with Crippen LogP contribution >= 0.6 is 0 Å². The molecule has 5 aliphatic heterocycles. The van der Waals surface area contributed by atoms with Crippen LogP contribution in [0, 0.1) is 11.3 Å². The SMILES string of the molecule is N#Cc1c(N)ccc2c1C1(COC2)Cc2nc(OCC34CCCN3CC(F)C4)nc(N3CCCOCC3)c2CO1. The van der Waals surface area contributed by atoms with Gasteiger partial charge in [-0.25, -0.2) is 4.39 Å². The van der Waals surface area contributed by atoms with Crippen LogP contribution in [-0.2, 0) is 39.4 Å². The molecule has 3 fully saturated rings. The summed E-state index contributed by atoms with van der Waals surface area (Å²) in [5.41, 5.74) is 9.33. The molecule has 0 radical (unpaired) electrons. The molecule has 3 unspecified atom stereocenters. The molecule has 1 aromatic heterocycles. The van der Waals surface area contributed by atoms with Gasteiger partial charge in [-0.1, -0.05) is 6.07 Å². The van der Waals surface area contributed by atoms with E-state index in [4.69, 9.17) is 34.6 Å². The van der Waals surface area contributed by atoms with Gasteiger partial charge >= 0.3 is 6.01 Å². The van der Waals surface area contributed by atoms with Gasteiger partial charge in [-0.2, -0.15) is 15.2 Å². The van der Waals surface area contributed by atoms with Gasteiger partial charge in [0.25, 0.3) is 0 Å². The Morgan fingerprint density at radius 3 is 2.98 bits per heavy atom. The molecule has 10 nitrogen and oxygen atoms in total. The van der Waals surface area contributed by atoms with Gasteiger partial charge in [-0.15, -0.1) is 0 Å². The van der Waals surface area contributed by atoms with Gasteiger partial charge < -0.3 is 29.6 Å². The van der Waals surface area contributed by atoms with Crippen molar-refractivity contribution in [3.8, 4) is 12.1 Å². The number of halogens is 1. The smallest absolute Gasteiger partial charge is 0.318 e. The van der Waals surface area contributed by atoms with Gasteiger partial charge in [0.1, 0.15) is 30.3 Å². The number of nitrogens with zero attached hydrogens (tertiary/aromatic N) is 5. The first-order chi connectivity index (χ1) is 19.5. The maximum Gasteiger partial charge on any atom is 0.318 e. The number of anilines is 2. The van der Waals surface area contributed by atoms with Gasteiger partial charge in [0.15, 0.2) is 0 Å². The summed E-state index contributed by atoms with van der Waals surface area (Å²) in [4.78, 5) is 14.3. The third-order valence-corrected chi connectivity index (χ3v) is 9.23. The number of hydrogen-bond donors (Lipinski definition) is 1. The Morgan fingerprint density at radius 1 is 1.15 bits per heavy atom. The second kappa shape index (κ2) is 10.1. The number of hydrogen-bond acceptors (Lipinski definition) is 10. The number of rotatable bonds is 4. The second-order valence-electron chi connectivity index (χ2n) is 11.7. The standard InChI is InChI=1S/C29H35FN6O4/c30-20-11-28(5-1-7-36(28)14-20)17-39-27-33-24-12-29(18-38-15-19-3-4-23(32)21(13-31)25(19)29)40-16-22(24)26(34-27)35-6-2-9-37-10-8-35/h3-4,20H,1-2,5-12,14-18,32H2. The summed E-state index contributed by atoms with van der Waals surface area (Å²) in [6, 6.07) is 6.26. The van der Waals surface area contributed by atoms with E-state index < -0.39 is 11.8 Å². The number of aromatic nitrogens is 2. The number of nitrogens with two attached hydrogens (primary N) is 1.